The highest BCUT2D eigenvalue weighted by molar-refractivity contribution is 5.77. The van der Waals surface area contributed by atoms with Gasteiger partial charge in [0.05, 0.1) is 17.4 Å². The molecule has 1 saturated heterocycles. The second-order valence-corrected chi connectivity index (χ2v) is 6.76. The molecule has 0 bridgehead atoms. The molecule has 1 aliphatic heterocycles. The second kappa shape index (κ2) is 7.20. The summed E-state index contributed by atoms with van der Waals surface area (Å²) in [5, 5.41) is 3.33. The molecule has 0 saturated carbocycles. The highest BCUT2D eigenvalue weighted by Gasteiger charge is 2.47. The quantitative estimate of drug-likeness (QED) is 0.898. The fourth-order valence-electron chi connectivity index (χ4n) is 3.95. The third-order valence-electron chi connectivity index (χ3n) is 5.16. The van der Waals surface area contributed by atoms with Gasteiger partial charge in [0.25, 0.3) is 11.5 Å². The van der Waals surface area contributed by atoms with Gasteiger partial charge in [-0.05, 0) is 38.4 Å². The normalized spacial score (nSPS) is 21.4. The number of nitrogens with one attached hydrogen (secondary N) is 1. The molecule has 136 valence electrons. The summed E-state index contributed by atoms with van der Waals surface area (Å²) in [7, 11) is 0. The van der Waals surface area contributed by atoms with Crippen LogP contribution in [0.4, 0.5) is 8.78 Å². The molecule has 6 heteroatoms. The van der Waals surface area contributed by atoms with Crippen molar-refractivity contribution in [1.82, 2.24) is 14.9 Å². The van der Waals surface area contributed by atoms with Crippen LogP contribution in [-0.4, -0.2) is 28.6 Å². The van der Waals surface area contributed by atoms with Crippen LogP contribution in [0.15, 0.2) is 29.1 Å². The molecule has 0 unspecified atom stereocenters. The molecule has 0 amide bonds. The zero-order valence-corrected chi connectivity index (χ0v) is 14.8. The van der Waals surface area contributed by atoms with Crippen molar-refractivity contribution in [2.24, 2.45) is 5.92 Å². The van der Waals surface area contributed by atoms with Gasteiger partial charge in [-0.2, -0.15) is 0 Å². The second-order valence-electron chi connectivity index (χ2n) is 6.76. The molecule has 1 aromatic heterocycles. The Morgan fingerprint density at radius 1 is 1.36 bits per heavy atom. The summed E-state index contributed by atoms with van der Waals surface area (Å²) < 4.78 is 30.8. The number of nitrogens with zero attached hydrogens (tertiary/aromatic N) is 2. The van der Waals surface area contributed by atoms with E-state index in [0.29, 0.717) is 42.7 Å². The Morgan fingerprint density at radius 2 is 2.12 bits per heavy atom. The molecule has 1 fully saturated rings. The lowest BCUT2D eigenvalue weighted by Gasteiger charge is -2.37. The van der Waals surface area contributed by atoms with E-state index in [9.17, 15) is 13.6 Å². The van der Waals surface area contributed by atoms with E-state index in [0.717, 1.165) is 6.42 Å². The summed E-state index contributed by atoms with van der Waals surface area (Å²) in [6.07, 6.45) is 1.77. The molecule has 0 spiro atoms. The molecule has 1 aromatic carbocycles. The first kappa shape index (κ1) is 18.0. The van der Waals surface area contributed by atoms with Gasteiger partial charge in [-0.25, -0.2) is 13.8 Å². The number of fused-ring (bicyclic) bond motifs is 1. The number of para-hydroxylation sites is 1. The number of hydrogen-bond donors (Lipinski definition) is 1. The van der Waals surface area contributed by atoms with E-state index in [2.05, 4.69) is 10.3 Å². The first-order chi connectivity index (χ1) is 12.0. The Bertz CT molecular complexity index is 803. The Labute approximate surface area is 146 Å². The largest absolute Gasteiger partial charge is 0.311 e. The monoisotopic (exact) mass is 349 g/mol. The van der Waals surface area contributed by atoms with Crippen LogP contribution in [0, 0.1) is 5.92 Å². The number of rotatable bonds is 5. The molecule has 4 nitrogen and oxygen atoms in total. The maximum atomic E-state index is 14.6. The fourth-order valence-corrected chi connectivity index (χ4v) is 3.95. The molecule has 2 aromatic rings. The number of piperidine rings is 1. The van der Waals surface area contributed by atoms with E-state index in [1.165, 1.54) is 0 Å². The van der Waals surface area contributed by atoms with Crippen LogP contribution < -0.4 is 10.9 Å². The first-order valence-electron chi connectivity index (χ1n) is 9.07. The van der Waals surface area contributed by atoms with Crippen molar-refractivity contribution in [3.05, 3.63) is 40.4 Å². The Hall–Kier alpha value is -1.82. The molecule has 3 rings (SSSR count). The van der Waals surface area contributed by atoms with Gasteiger partial charge in [0.1, 0.15) is 5.82 Å². The Morgan fingerprint density at radius 3 is 2.80 bits per heavy atom. The molecule has 25 heavy (non-hydrogen) atoms. The Balaban J connectivity index is 2.17. The van der Waals surface area contributed by atoms with Gasteiger partial charge in [0, 0.05) is 18.4 Å². The minimum Gasteiger partial charge on any atom is -0.311 e. The van der Waals surface area contributed by atoms with Crippen LogP contribution in [0.25, 0.3) is 10.9 Å². The van der Waals surface area contributed by atoms with Gasteiger partial charge in [-0.3, -0.25) is 9.36 Å². The summed E-state index contributed by atoms with van der Waals surface area (Å²) in [6, 6.07) is 7.15. The lowest BCUT2D eigenvalue weighted by Crippen LogP contribution is -2.49. The molecule has 0 radical (unpaired) electrons. The van der Waals surface area contributed by atoms with Crippen molar-refractivity contribution < 1.29 is 8.78 Å². The average molecular weight is 349 g/mol. The van der Waals surface area contributed by atoms with Crippen LogP contribution in [0.2, 0.25) is 0 Å². The molecule has 0 aliphatic carbocycles. The summed E-state index contributed by atoms with van der Waals surface area (Å²) in [6.45, 7) is 4.56. The van der Waals surface area contributed by atoms with Gasteiger partial charge in [-0.1, -0.05) is 25.5 Å². The summed E-state index contributed by atoms with van der Waals surface area (Å²) in [5.74, 6) is -3.49. The van der Waals surface area contributed by atoms with Crippen molar-refractivity contribution in [2.75, 3.05) is 13.1 Å². The van der Waals surface area contributed by atoms with Crippen molar-refractivity contribution in [3.63, 3.8) is 0 Å². The standard InChI is InChI=1S/C19H25F2N3O/c1-3-7-13(15-10-11-22-12-19(15,20)21)17-23-16-9-6-5-8-14(16)18(25)24(17)4-2/h5-6,8-9,13,15,22H,3-4,7,10-12H2,1-2H3/t13-,15+/m0/s1. The van der Waals surface area contributed by atoms with Gasteiger partial charge in [0.15, 0.2) is 0 Å². The van der Waals surface area contributed by atoms with Crippen LogP contribution in [0.3, 0.4) is 0 Å². The van der Waals surface area contributed by atoms with E-state index in [1.807, 2.05) is 19.9 Å². The van der Waals surface area contributed by atoms with Crippen LogP contribution in [0.5, 0.6) is 0 Å². The van der Waals surface area contributed by atoms with Crippen molar-refractivity contribution in [3.8, 4) is 0 Å². The predicted molar refractivity (Wildman–Crippen MR) is 95.2 cm³/mol. The topological polar surface area (TPSA) is 46.9 Å². The average Bonchev–Trinajstić information content (AvgIpc) is 2.60. The molecule has 1 N–H and O–H groups in total. The van der Waals surface area contributed by atoms with Crippen LogP contribution in [-0.2, 0) is 6.54 Å². The molecular weight excluding hydrogens is 324 g/mol. The highest BCUT2D eigenvalue weighted by atomic mass is 19.3. The van der Waals surface area contributed by atoms with E-state index >= 15 is 0 Å². The van der Waals surface area contributed by atoms with Crippen LogP contribution in [0.1, 0.15) is 44.9 Å². The number of benzene rings is 1. The molecule has 2 heterocycles. The fraction of sp³-hybridized carbons (Fsp3) is 0.579. The number of aromatic nitrogens is 2. The molecule has 2 atom stereocenters. The zero-order valence-electron chi connectivity index (χ0n) is 14.8. The molecule has 1 aliphatic rings. The maximum Gasteiger partial charge on any atom is 0.263 e. The van der Waals surface area contributed by atoms with Crippen molar-refractivity contribution >= 4 is 10.9 Å². The van der Waals surface area contributed by atoms with Gasteiger partial charge in [0.2, 0.25) is 0 Å². The maximum absolute atomic E-state index is 14.6. The summed E-state index contributed by atoms with van der Waals surface area (Å²) in [4.78, 5) is 17.5. The smallest absolute Gasteiger partial charge is 0.263 e. The van der Waals surface area contributed by atoms with E-state index in [4.69, 9.17) is 0 Å². The number of alkyl halides is 2. The van der Waals surface area contributed by atoms with Gasteiger partial charge >= 0.3 is 0 Å². The highest BCUT2D eigenvalue weighted by Crippen LogP contribution is 2.42. The third-order valence-corrected chi connectivity index (χ3v) is 5.16. The van der Waals surface area contributed by atoms with Crippen molar-refractivity contribution in [1.29, 1.82) is 0 Å². The number of hydrogen-bond acceptors (Lipinski definition) is 3. The predicted octanol–water partition coefficient (Wildman–Crippen LogP) is 3.54. The Kier molecular flexibility index (Phi) is 5.18. The first-order valence-corrected chi connectivity index (χ1v) is 9.07. The van der Waals surface area contributed by atoms with Crippen molar-refractivity contribution in [2.45, 2.75) is 51.5 Å². The van der Waals surface area contributed by atoms with Crippen LogP contribution >= 0.6 is 0 Å². The zero-order chi connectivity index (χ0) is 18.0. The lowest BCUT2D eigenvalue weighted by atomic mass is 9.79. The van der Waals surface area contributed by atoms with Gasteiger partial charge in [-0.15, -0.1) is 0 Å². The van der Waals surface area contributed by atoms with Gasteiger partial charge < -0.3 is 5.32 Å². The number of halogens is 2. The van der Waals surface area contributed by atoms with E-state index in [1.54, 1.807) is 22.8 Å². The summed E-state index contributed by atoms with van der Waals surface area (Å²) >= 11 is 0. The lowest BCUT2D eigenvalue weighted by molar-refractivity contribution is -0.0853. The van der Waals surface area contributed by atoms with E-state index in [-0.39, 0.29) is 12.1 Å². The third kappa shape index (κ3) is 3.32. The van der Waals surface area contributed by atoms with E-state index < -0.39 is 17.8 Å². The molecular formula is C19H25F2N3O. The SMILES string of the molecule is CCC[C@H](c1nc2ccccc2c(=O)n1CC)[C@H]1CCNCC1(F)F. The minimum atomic E-state index is -2.79. The summed E-state index contributed by atoms with van der Waals surface area (Å²) in [5.41, 5.74) is 0.451. The minimum absolute atomic E-state index is 0.138.